The SMILES string of the molecule is Cc1cnc(C)c(N2CCC(Cc3nncn3-c3ccccc3)CC2)n1. The lowest BCUT2D eigenvalue weighted by Crippen LogP contribution is -2.35. The number of aryl methyl sites for hydroxylation is 2. The summed E-state index contributed by atoms with van der Waals surface area (Å²) in [5, 5.41) is 8.50. The number of aromatic nitrogens is 5. The number of benzene rings is 1. The number of rotatable bonds is 4. The molecule has 1 aromatic carbocycles. The van der Waals surface area contributed by atoms with Gasteiger partial charge in [-0.2, -0.15) is 0 Å². The van der Waals surface area contributed by atoms with Gasteiger partial charge in [-0.15, -0.1) is 10.2 Å². The Morgan fingerprint density at radius 1 is 1.08 bits per heavy atom. The molecule has 1 saturated heterocycles. The molecule has 0 amide bonds. The molecule has 3 aromatic rings. The van der Waals surface area contributed by atoms with Gasteiger partial charge in [-0.3, -0.25) is 9.55 Å². The predicted octanol–water partition coefficient (Wildman–Crippen LogP) is 3.13. The molecule has 3 heterocycles. The number of para-hydroxylation sites is 1. The van der Waals surface area contributed by atoms with Crippen molar-refractivity contribution < 1.29 is 0 Å². The largest absolute Gasteiger partial charge is 0.355 e. The molecule has 6 heteroatoms. The van der Waals surface area contributed by atoms with Gasteiger partial charge < -0.3 is 4.90 Å². The first kappa shape index (κ1) is 16.7. The van der Waals surface area contributed by atoms with E-state index in [9.17, 15) is 0 Å². The highest BCUT2D eigenvalue weighted by molar-refractivity contribution is 5.43. The summed E-state index contributed by atoms with van der Waals surface area (Å²) in [4.78, 5) is 11.5. The zero-order valence-electron chi connectivity index (χ0n) is 15.3. The minimum atomic E-state index is 0.621. The van der Waals surface area contributed by atoms with E-state index < -0.39 is 0 Å². The molecule has 2 aromatic heterocycles. The van der Waals surface area contributed by atoms with Crippen LogP contribution in [0, 0.1) is 19.8 Å². The molecule has 0 bridgehead atoms. The van der Waals surface area contributed by atoms with E-state index in [0.29, 0.717) is 5.92 Å². The second-order valence-corrected chi connectivity index (χ2v) is 7.01. The number of anilines is 1. The molecule has 6 nitrogen and oxygen atoms in total. The summed E-state index contributed by atoms with van der Waals surface area (Å²) in [5.74, 6) is 2.70. The lowest BCUT2D eigenvalue weighted by atomic mass is 9.93. The monoisotopic (exact) mass is 348 g/mol. The third kappa shape index (κ3) is 3.45. The topological polar surface area (TPSA) is 59.7 Å². The van der Waals surface area contributed by atoms with Gasteiger partial charge in [0.15, 0.2) is 0 Å². The number of hydrogen-bond donors (Lipinski definition) is 0. The molecule has 0 unspecified atom stereocenters. The van der Waals surface area contributed by atoms with E-state index in [2.05, 4.69) is 41.8 Å². The number of hydrogen-bond acceptors (Lipinski definition) is 5. The average Bonchev–Trinajstić information content (AvgIpc) is 3.13. The Bertz CT molecular complexity index is 865. The van der Waals surface area contributed by atoms with Crippen LogP contribution in [-0.4, -0.2) is 37.8 Å². The summed E-state index contributed by atoms with van der Waals surface area (Å²) in [6.45, 7) is 6.07. The zero-order chi connectivity index (χ0) is 17.9. The van der Waals surface area contributed by atoms with Crippen molar-refractivity contribution in [2.75, 3.05) is 18.0 Å². The molecule has 0 radical (unpaired) electrons. The Morgan fingerprint density at radius 2 is 1.85 bits per heavy atom. The maximum atomic E-state index is 4.69. The minimum absolute atomic E-state index is 0.621. The summed E-state index contributed by atoms with van der Waals surface area (Å²) in [6.07, 6.45) is 6.88. The second-order valence-electron chi connectivity index (χ2n) is 7.01. The van der Waals surface area contributed by atoms with E-state index in [4.69, 9.17) is 0 Å². The summed E-state index contributed by atoms with van der Waals surface area (Å²) in [7, 11) is 0. The summed E-state index contributed by atoms with van der Waals surface area (Å²) < 4.78 is 2.10. The van der Waals surface area contributed by atoms with Crippen molar-refractivity contribution in [1.29, 1.82) is 0 Å². The minimum Gasteiger partial charge on any atom is -0.355 e. The van der Waals surface area contributed by atoms with Gasteiger partial charge in [0, 0.05) is 31.4 Å². The zero-order valence-corrected chi connectivity index (χ0v) is 15.3. The maximum Gasteiger partial charge on any atom is 0.150 e. The lowest BCUT2D eigenvalue weighted by Gasteiger charge is -2.33. The molecule has 134 valence electrons. The third-order valence-corrected chi connectivity index (χ3v) is 5.09. The van der Waals surface area contributed by atoms with E-state index in [1.54, 1.807) is 0 Å². The fraction of sp³-hybridized carbons (Fsp3) is 0.400. The fourth-order valence-electron chi connectivity index (χ4n) is 3.63. The highest BCUT2D eigenvalue weighted by Gasteiger charge is 2.23. The Kier molecular flexibility index (Phi) is 4.65. The Morgan fingerprint density at radius 3 is 2.62 bits per heavy atom. The number of nitrogens with zero attached hydrogens (tertiary/aromatic N) is 6. The molecule has 0 spiro atoms. The smallest absolute Gasteiger partial charge is 0.150 e. The van der Waals surface area contributed by atoms with Gasteiger partial charge in [0.05, 0.1) is 11.4 Å². The van der Waals surface area contributed by atoms with Gasteiger partial charge in [0.2, 0.25) is 0 Å². The molecule has 0 aliphatic carbocycles. The van der Waals surface area contributed by atoms with Crippen LogP contribution in [0.15, 0.2) is 42.9 Å². The van der Waals surface area contributed by atoms with Crippen molar-refractivity contribution >= 4 is 5.82 Å². The van der Waals surface area contributed by atoms with Crippen molar-refractivity contribution in [3.8, 4) is 5.69 Å². The molecule has 4 rings (SSSR count). The first-order chi connectivity index (χ1) is 12.7. The van der Waals surface area contributed by atoms with E-state index >= 15 is 0 Å². The second kappa shape index (κ2) is 7.23. The van der Waals surface area contributed by atoms with Crippen LogP contribution in [0.5, 0.6) is 0 Å². The number of piperidine rings is 1. The van der Waals surface area contributed by atoms with Crippen LogP contribution in [-0.2, 0) is 6.42 Å². The van der Waals surface area contributed by atoms with Gasteiger partial charge in [-0.25, -0.2) is 4.98 Å². The molecular formula is C20H24N6. The molecular weight excluding hydrogens is 324 g/mol. The predicted molar refractivity (Wildman–Crippen MR) is 102 cm³/mol. The van der Waals surface area contributed by atoms with Crippen LogP contribution in [0.3, 0.4) is 0 Å². The maximum absolute atomic E-state index is 4.69. The average molecular weight is 348 g/mol. The lowest BCUT2D eigenvalue weighted by molar-refractivity contribution is 0.393. The van der Waals surface area contributed by atoms with Gasteiger partial charge in [0.1, 0.15) is 18.0 Å². The first-order valence-electron chi connectivity index (χ1n) is 9.20. The molecule has 0 atom stereocenters. The molecule has 1 aliphatic heterocycles. The van der Waals surface area contributed by atoms with Crippen LogP contribution < -0.4 is 4.90 Å². The van der Waals surface area contributed by atoms with Crippen molar-refractivity contribution in [2.45, 2.75) is 33.1 Å². The summed E-state index contributed by atoms with van der Waals surface area (Å²) in [5.41, 5.74) is 3.11. The van der Waals surface area contributed by atoms with Crippen LogP contribution >= 0.6 is 0 Å². The van der Waals surface area contributed by atoms with Crippen molar-refractivity contribution in [2.24, 2.45) is 5.92 Å². The first-order valence-corrected chi connectivity index (χ1v) is 9.20. The molecule has 1 fully saturated rings. The highest BCUT2D eigenvalue weighted by atomic mass is 15.3. The normalized spacial score (nSPS) is 15.4. The van der Waals surface area contributed by atoms with E-state index in [1.807, 2.05) is 44.6 Å². The van der Waals surface area contributed by atoms with Crippen molar-refractivity contribution in [3.05, 3.63) is 60.1 Å². The van der Waals surface area contributed by atoms with Crippen LogP contribution in [0.4, 0.5) is 5.82 Å². The Hall–Kier alpha value is -2.76. The van der Waals surface area contributed by atoms with Gasteiger partial charge in [0.25, 0.3) is 0 Å². The Labute approximate surface area is 153 Å². The summed E-state index contributed by atoms with van der Waals surface area (Å²) >= 11 is 0. The van der Waals surface area contributed by atoms with E-state index in [-0.39, 0.29) is 0 Å². The molecule has 26 heavy (non-hydrogen) atoms. The van der Waals surface area contributed by atoms with Gasteiger partial charge >= 0.3 is 0 Å². The van der Waals surface area contributed by atoms with Crippen molar-refractivity contribution in [3.63, 3.8) is 0 Å². The van der Waals surface area contributed by atoms with E-state index in [1.165, 1.54) is 0 Å². The van der Waals surface area contributed by atoms with Gasteiger partial charge in [-0.1, -0.05) is 18.2 Å². The molecule has 1 aliphatic rings. The molecule has 0 saturated carbocycles. The van der Waals surface area contributed by atoms with Crippen LogP contribution in [0.25, 0.3) is 5.69 Å². The molecule has 0 N–H and O–H groups in total. The quantitative estimate of drug-likeness (QED) is 0.725. The standard InChI is InChI=1S/C20H24N6/c1-15-13-21-16(2)20(23-15)25-10-8-17(9-11-25)12-19-24-22-14-26(19)18-6-4-3-5-7-18/h3-7,13-14,17H,8-12H2,1-2H3. The van der Waals surface area contributed by atoms with E-state index in [0.717, 1.165) is 61.1 Å². The van der Waals surface area contributed by atoms with Crippen LogP contribution in [0.2, 0.25) is 0 Å². The summed E-state index contributed by atoms with van der Waals surface area (Å²) in [6, 6.07) is 10.3. The fourth-order valence-corrected chi connectivity index (χ4v) is 3.63. The van der Waals surface area contributed by atoms with Gasteiger partial charge in [-0.05, 0) is 44.7 Å². The Balaban J connectivity index is 1.42. The third-order valence-electron chi connectivity index (χ3n) is 5.09. The van der Waals surface area contributed by atoms with Crippen molar-refractivity contribution in [1.82, 2.24) is 24.7 Å². The highest BCUT2D eigenvalue weighted by Crippen LogP contribution is 2.26. The van der Waals surface area contributed by atoms with Crippen LogP contribution in [0.1, 0.15) is 30.1 Å².